The number of aromatic nitrogens is 3. The van der Waals surface area contributed by atoms with Crippen LogP contribution in [0.25, 0.3) is 10.2 Å². The van der Waals surface area contributed by atoms with Gasteiger partial charge in [-0.3, -0.25) is 4.98 Å². The summed E-state index contributed by atoms with van der Waals surface area (Å²) in [6.07, 6.45) is 5.47. The second-order valence-electron chi connectivity index (χ2n) is 4.24. The normalized spacial score (nSPS) is 10.8. The summed E-state index contributed by atoms with van der Waals surface area (Å²) in [6, 6.07) is 5.98. The van der Waals surface area contributed by atoms with Gasteiger partial charge in [-0.1, -0.05) is 0 Å². The molecule has 20 heavy (non-hydrogen) atoms. The molecular formula is C14H12ClN3OS. The zero-order valence-electron chi connectivity index (χ0n) is 10.6. The van der Waals surface area contributed by atoms with Crippen LogP contribution in [-0.4, -0.2) is 21.6 Å². The Hall–Kier alpha value is -1.72. The van der Waals surface area contributed by atoms with Gasteiger partial charge < -0.3 is 4.74 Å². The summed E-state index contributed by atoms with van der Waals surface area (Å²) >= 11 is 7.42. The lowest BCUT2D eigenvalue weighted by Crippen LogP contribution is -2.02. The van der Waals surface area contributed by atoms with Crippen molar-refractivity contribution < 1.29 is 4.74 Å². The molecule has 6 heteroatoms. The lowest BCUT2D eigenvalue weighted by molar-refractivity contribution is 0.303. The van der Waals surface area contributed by atoms with Gasteiger partial charge in [-0.25, -0.2) is 4.98 Å². The summed E-state index contributed by atoms with van der Waals surface area (Å²) in [5.74, 6) is 0.566. The van der Waals surface area contributed by atoms with Crippen LogP contribution in [0, 0.1) is 0 Å². The van der Waals surface area contributed by atoms with Crippen molar-refractivity contribution in [2.45, 2.75) is 12.8 Å². The molecule has 0 aliphatic rings. The molecule has 3 rings (SSSR count). The van der Waals surface area contributed by atoms with E-state index in [4.69, 9.17) is 16.3 Å². The first kappa shape index (κ1) is 13.3. The molecule has 102 valence electrons. The number of aryl methyl sites for hydroxylation is 1. The molecule has 0 aliphatic heterocycles. The topological polar surface area (TPSA) is 47.9 Å². The van der Waals surface area contributed by atoms with E-state index in [0.717, 1.165) is 23.1 Å². The van der Waals surface area contributed by atoms with Crippen LogP contribution in [0.1, 0.15) is 12.0 Å². The maximum Gasteiger partial charge on any atom is 0.227 e. The number of fused-ring (bicyclic) bond motifs is 1. The standard InChI is InChI=1S/C14H12ClN3OS/c15-14-17-12(11-5-9-20-13(11)18-14)19-8-1-2-10-3-6-16-7-4-10/h3-7,9H,1-2,8H2. The molecule has 0 saturated heterocycles. The van der Waals surface area contributed by atoms with Crippen molar-refractivity contribution in [1.29, 1.82) is 0 Å². The van der Waals surface area contributed by atoms with Crippen LogP contribution >= 0.6 is 22.9 Å². The van der Waals surface area contributed by atoms with Crippen molar-refractivity contribution in [3.05, 3.63) is 46.8 Å². The van der Waals surface area contributed by atoms with Gasteiger partial charge in [-0.2, -0.15) is 4.98 Å². The van der Waals surface area contributed by atoms with Gasteiger partial charge in [0.15, 0.2) is 0 Å². The fraction of sp³-hybridized carbons (Fsp3) is 0.214. The Morgan fingerprint density at radius 1 is 1.15 bits per heavy atom. The number of pyridine rings is 1. The van der Waals surface area contributed by atoms with Crippen molar-refractivity contribution in [3.63, 3.8) is 0 Å². The van der Waals surface area contributed by atoms with Gasteiger partial charge in [0, 0.05) is 12.4 Å². The summed E-state index contributed by atoms with van der Waals surface area (Å²) in [5.41, 5.74) is 1.25. The molecule has 0 bridgehead atoms. The number of ether oxygens (including phenoxy) is 1. The SMILES string of the molecule is Clc1nc(OCCCc2ccncc2)c2ccsc2n1. The zero-order valence-corrected chi connectivity index (χ0v) is 12.2. The Kier molecular flexibility index (Phi) is 4.08. The first-order valence-electron chi connectivity index (χ1n) is 6.25. The van der Waals surface area contributed by atoms with Gasteiger partial charge in [-0.15, -0.1) is 11.3 Å². The Morgan fingerprint density at radius 2 is 2.00 bits per heavy atom. The quantitative estimate of drug-likeness (QED) is 0.532. The van der Waals surface area contributed by atoms with E-state index in [0.29, 0.717) is 12.5 Å². The van der Waals surface area contributed by atoms with Crippen LogP contribution in [-0.2, 0) is 6.42 Å². The van der Waals surface area contributed by atoms with E-state index in [1.54, 1.807) is 12.4 Å². The smallest absolute Gasteiger partial charge is 0.227 e. The van der Waals surface area contributed by atoms with Crippen LogP contribution in [0.5, 0.6) is 5.88 Å². The van der Waals surface area contributed by atoms with Crippen molar-refractivity contribution in [3.8, 4) is 5.88 Å². The van der Waals surface area contributed by atoms with E-state index in [1.165, 1.54) is 16.9 Å². The molecule has 0 amide bonds. The first-order valence-corrected chi connectivity index (χ1v) is 7.51. The molecule has 3 heterocycles. The molecule has 3 aromatic rings. The van der Waals surface area contributed by atoms with Crippen LogP contribution in [0.2, 0.25) is 5.28 Å². The number of thiophene rings is 1. The molecule has 0 atom stereocenters. The van der Waals surface area contributed by atoms with E-state index in [9.17, 15) is 0 Å². The van der Waals surface area contributed by atoms with E-state index < -0.39 is 0 Å². The molecule has 0 aliphatic carbocycles. The maximum absolute atomic E-state index is 5.89. The van der Waals surface area contributed by atoms with Gasteiger partial charge in [0.25, 0.3) is 0 Å². The van der Waals surface area contributed by atoms with Crippen LogP contribution in [0.4, 0.5) is 0 Å². The largest absolute Gasteiger partial charge is 0.477 e. The fourth-order valence-corrected chi connectivity index (χ4v) is 2.87. The second-order valence-corrected chi connectivity index (χ2v) is 5.48. The van der Waals surface area contributed by atoms with Gasteiger partial charge >= 0.3 is 0 Å². The van der Waals surface area contributed by atoms with Crippen molar-refractivity contribution in [2.24, 2.45) is 0 Å². The summed E-state index contributed by atoms with van der Waals surface area (Å²) in [6.45, 7) is 0.598. The van der Waals surface area contributed by atoms with Crippen LogP contribution in [0.15, 0.2) is 36.0 Å². The number of hydrogen-bond acceptors (Lipinski definition) is 5. The second kappa shape index (κ2) is 6.15. The number of nitrogens with zero attached hydrogens (tertiary/aromatic N) is 3. The van der Waals surface area contributed by atoms with Gasteiger partial charge in [-0.05, 0) is 53.6 Å². The van der Waals surface area contributed by atoms with E-state index in [2.05, 4.69) is 15.0 Å². The zero-order chi connectivity index (χ0) is 13.8. The third-order valence-corrected chi connectivity index (χ3v) is 3.84. The first-order chi connectivity index (χ1) is 9.83. The summed E-state index contributed by atoms with van der Waals surface area (Å²) in [5, 5.41) is 3.10. The summed E-state index contributed by atoms with van der Waals surface area (Å²) in [4.78, 5) is 13.2. The minimum absolute atomic E-state index is 0.226. The third-order valence-electron chi connectivity index (χ3n) is 2.86. The lowest BCUT2D eigenvalue weighted by atomic mass is 10.1. The van der Waals surface area contributed by atoms with Crippen LogP contribution < -0.4 is 4.74 Å². The average Bonchev–Trinajstić information content (AvgIpc) is 2.92. The van der Waals surface area contributed by atoms with Gasteiger partial charge in [0.1, 0.15) is 4.83 Å². The monoisotopic (exact) mass is 305 g/mol. The number of hydrogen-bond donors (Lipinski definition) is 0. The lowest BCUT2D eigenvalue weighted by Gasteiger charge is -2.06. The molecule has 0 unspecified atom stereocenters. The molecule has 4 nitrogen and oxygen atoms in total. The van der Waals surface area contributed by atoms with E-state index in [1.807, 2.05) is 23.6 Å². The van der Waals surface area contributed by atoms with E-state index in [-0.39, 0.29) is 5.28 Å². The molecule has 0 N–H and O–H groups in total. The molecule has 3 aromatic heterocycles. The minimum atomic E-state index is 0.226. The van der Waals surface area contributed by atoms with Gasteiger partial charge in [0.05, 0.1) is 12.0 Å². The Bertz CT molecular complexity index is 702. The Balaban J connectivity index is 1.61. The van der Waals surface area contributed by atoms with E-state index >= 15 is 0 Å². The highest BCUT2D eigenvalue weighted by atomic mass is 35.5. The molecule has 0 spiro atoms. The maximum atomic E-state index is 5.89. The number of rotatable bonds is 5. The minimum Gasteiger partial charge on any atom is -0.477 e. The molecule has 0 fully saturated rings. The molecular weight excluding hydrogens is 294 g/mol. The summed E-state index contributed by atoms with van der Waals surface area (Å²) < 4.78 is 5.74. The Labute approximate surface area is 125 Å². The van der Waals surface area contributed by atoms with Gasteiger partial charge in [0.2, 0.25) is 11.2 Å². The molecule has 0 saturated carbocycles. The van der Waals surface area contributed by atoms with Crippen LogP contribution in [0.3, 0.4) is 0 Å². The van der Waals surface area contributed by atoms with Crippen molar-refractivity contribution >= 4 is 33.2 Å². The highest BCUT2D eigenvalue weighted by molar-refractivity contribution is 7.16. The molecule has 0 aromatic carbocycles. The highest BCUT2D eigenvalue weighted by Gasteiger charge is 2.08. The van der Waals surface area contributed by atoms with Crippen molar-refractivity contribution in [2.75, 3.05) is 6.61 Å². The Morgan fingerprint density at radius 3 is 2.85 bits per heavy atom. The van der Waals surface area contributed by atoms with Crippen molar-refractivity contribution in [1.82, 2.24) is 15.0 Å². The fourth-order valence-electron chi connectivity index (χ4n) is 1.91. The third kappa shape index (κ3) is 3.05. The predicted molar refractivity (Wildman–Crippen MR) is 80.5 cm³/mol. The predicted octanol–water partition coefficient (Wildman–Crippen LogP) is 3.75. The average molecular weight is 306 g/mol. The highest BCUT2D eigenvalue weighted by Crippen LogP contribution is 2.28. The molecule has 0 radical (unpaired) electrons. The number of halogens is 1. The summed E-state index contributed by atoms with van der Waals surface area (Å²) in [7, 11) is 0.